The highest BCUT2D eigenvalue weighted by Gasteiger charge is 2.39. The number of allylic oxidation sites excluding steroid dienone is 1. The van der Waals surface area contributed by atoms with Gasteiger partial charge in [-0.3, -0.25) is 9.59 Å². The Hall–Kier alpha value is -2.14. The SMILES string of the molecule is CCCOc1ccc(N2C(=O)C[C@@H](NCCC3=CCCCC3)C2=O)cc1. The third-order valence-electron chi connectivity index (χ3n) is 4.94. The lowest BCUT2D eigenvalue weighted by atomic mass is 9.97. The minimum absolute atomic E-state index is 0.147. The summed E-state index contributed by atoms with van der Waals surface area (Å²) in [7, 11) is 0. The Morgan fingerprint density at radius 3 is 2.69 bits per heavy atom. The fourth-order valence-corrected chi connectivity index (χ4v) is 3.51. The predicted octanol–water partition coefficient (Wildman–Crippen LogP) is 3.59. The summed E-state index contributed by atoms with van der Waals surface area (Å²) in [6.45, 7) is 3.45. The average Bonchev–Trinajstić information content (AvgIpc) is 2.95. The van der Waals surface area contributed by atoms with Crippen molar-refractivity contribution in [1.29, 1.82) is 0 Å². The molecule has 1 heterocycles. The molecule has 1 aliphatic heterocycles. The molecule has 5 heteroatoms. The first-order valence-electron chi connectivity index (χ1n) is 9.70. The van der Waals surface area contributed by atoms with Gasteiger partial charge in [0, 0.05) is 0 Å². The zero-order valence-corrected chi connectivity index (χ0v) is 15.5. The van der Waals surface area contributed by atoms with Crippen LogP contribution in [0.4, 0.5) is 5.69 Å². The molecule has 1 atom stereocenters. The van der Waals surface area contributed by atoms with Crippen LogP contribution in [-0.2, 0) is 9.59 Å². The molecule has 1 N–H and O–H groups in total. The molecule has 26 heavy (non-hydrogen) atoms. The molecular formula is C21H28N2O3. The topological polar surface area (TPSA) is 58.6 Å². The van der Waals surface area contributed by atoms with E-state index in [0.717, 1.165) is 31.6 Å². The van der Waals surface area contributed by atoms with Crippen molar-refractivity contribution in [2.75, 3.05) is 18.1 Å². The van der Waals surface area contributed by atoms with E-state index in [0.29, 0.717) is 12.3 Å². The monoisotopic (exact) mass is 356 g/mol. The third kappa shape index (κ3) is 4.52. The smallest absolute Gasteiger partial charge is 0.251 e. The highest BCUT2D eigenvalue weighted by atomic mass is 16.5. The summed E-state index contributed by atoms with van der Waals surface area (Å²) in [6, 6.07) is 6.75. The van der Waals surface area contributed by atoms with Gasteiger partial charge in [0.15, 0.2) is 0 Å². The van der Waals surface area contributed by atoms with Gasteiger partial charge < -0.3 is 10.1 Å². The maximum atomic E-state index is 12.7. The van der Waals surface area contributed by atoms with Crippen LogP contribution in [0.2, 0.25) is 0 Å². The highest BCUT2D eigenvalue weighted by molar-refractivity contribution is 6.22. The zero-order valence-electron chi connectivity index (χ0n) is 15.5. The van der Waals surface area contributed by atoms with Gasteiger partial charge in [-0.05, 0) is 69.3 Å². The van der Waals surface area contributed by atoms with Gasteiger partial charge >= 0.3 is 0 Å². The molecule has 3 rings (SSSR count). The molecule has 0 spiro atoms. The van der Waals surface area contributed by atoms with Gasteiger partial charge in [-0.1, -0.05) is 18.6 Å². The highest BCUT2D eigenvalue weighted by Crippen LogP contribution is 2.25. The normalized spacial score (nSPS) is 20.4. The van der Waals surface area contributed by atoms with Crippen molar-refractivity contribution in [2.45, 2.75) is 57.9 Å². The van der Waals surface area contributed by atoms with Crippen LogP contribution in [0.15, 0.2) is 35.9 Å². The van der Waals surface area contributed by atoms with E-state index in [9.17, 15) is 9.59 Å². The number of nitrogens with zero attached hydrogens (tertiary/aromatic N) is 1. The second-order valence-electron chi connectivity index (χ2n) is 6.98. The Morgan fingerprint density at radius 2 is 2.00 bits per heavy atom. The number of imide groups is 1. The van der Waals surface area contributed by atoms with E-state index >= 15 is 0 Å². The molecule has 1 aliphatic carbocycles. The fraction of sp³-hybridized carbons (Fsp3) is 0.524. The number of ether oxygens (including phenoxy) is 1. The molecule has 0 saturated carbocycles. The minimum atomic E-state index is -0.414. The largest absolute Gasteiger partial charge is 0.494 e. The molecule has 1 saturated heterocycles. The molecule has 140 valence electrons. The van der Waals surface area contributed by atoms with Gasteiger partial charge in [-0.15, -0.1) is 0 Å². The first-order chi connectivity index (χ1) is 12.7. The first-order valence-corrected chi connectivity index (χ1v) is 9.70. The van der Waals surface area contributed by atoms with Gasteiger partial charge in [-0.25, -0.2) is 4.90 Å². The van der Waals surface area contributed by atoms with Crippen molar-refractivity contribution in [3.8, 4) is 5.75 Å². The first kappa shape index (κ1) is 18.6. The van der Waals surface area contributed by atoms with Gasteiger partial charge in [-0.2, -0.15) is 0 Å². The molecule has 2 aliphatic rings. The van der Waals surface area contributed by atoms with Crippen LogP contribution in [0.25, 0.3) is 0 Å². The van der Waals surface area contributed by atoms with Crippen LogP contribution >= 0.6 is 0 Å². The second kappa shape index (κ2) is 8.99. The molecule has 0 aromatic heterocycles. The molecule has 1 aromatic rings. The quantitative estimate of drug-likeness (QED) is 0.571. The summed E-state index contributed by atoms with van der Waals surface area (Å²) in [5, 5.41) is 3.27. The summed E-state index contributed by atoms with van der Waals surface area (Å²) in [6.07, 6.45) is 9.33. The van der Waals surface area contributed by atoms with Gasteiger partial charge in [0.2, 0.25) is 5.91 Å². The second-order valence-corrected chi connectivity index (χ2v) is 6.98. The van der Waals surface area contributed by atoms with Crippen LogP contribution in [0.3, 0.4) is 0 Å². The average molecular weight is 356 g/mol. The summed E-state index contributed by atoms with van der Waals surface area (Å²) in [5.74, 6) is 0.451. The maximum Gasteiger partial charge on any atom is 0.251 e. The maximum absolute atomic E-state index is 12.7. The Kier molecular flexibility index (Phi) is 6.45. The van der Waals surface area contributed by atoms with Gasteiger partial charge in [0.25, 0.3) is 5.91 Å². The molecule has 0 bridgehead atoms. The molecule has 0 radical (unpaired) electrons. The lowest BCUT2D eigenvalue weighted by molar-refractivity contribution is -0.121. The third-order valence-corrected chi connectivity index (χ3v) is 4.94. The number of anilines is 1. The van der Waals surface area contributed by atoms with Crippen molar-refractivity contribution < 1.29 is 14.3 Å². The van der Waals surface area contributed by atoms with Crippen LogP contribution in [-0.4, -0.2) is 31.0 Å². The fourth-order valence-electron chi connectivity index (χ4n) is 3.51. The van der Waals surface area contributed by atoms with Crippen molar-refractivity contribution in [3.05, 3.63) is 35.9 Å². The number of nitrogens with one attached hydrogen (secondary N) is 1. The van der Waals surface area contributed by atoms with E-state index in [1.54, 1.807) is 12.1 Å². The van der Waals surface area contributed by atoms with Crippen molar-refractivity contribution in [3.63, 3.8) is 0 Å². The van der Waals surface area contributed by atoms with Crippen molar-refractivity contribution in [1.82, 2.24) is 5.32 Å². The van der Waals surface area contributed by atoms with Crippen molar-refractivity contribution >= 4 is 17.5 Å². The minimum Gasteiger partial charge on any atom is -0.494 e. The number of rotatable bonds is 8. The van der Waals surface area contributed by atoms with E-state index in [2.05, 4.69) is 11.4 Å². The predicted molar refractivity (Wildman–Crippen MR) is 102 cm³/mol. The lowest BCUT2D eigenvalue weighted by Gasteiger charge is -2.17. The summed E-state index contributed by atoms with van der Waals surface area (Å²) in [5.41, 5.74) is 2.09. The molecule has 1 aromatic carbocycles. The standard InChI is InChI=1S/C21H28N2O3/c1-2-14-26-18-10-8-17(9-11-18)23-20(24)15-19(21(23)25)22-13-12-16-6-4-3-5-7-16/h6,8-11,19,22H,2-5,7,12-15H2,1H3/t19-/m1/s1. The number of amides is 2. The van der Waals surface area contributed by atoms with Crippen LogP contribution in [0.1, 0.15) is 51.9 Å². The Labute approximate surface area is 155 Å². The summed E-state index contributed by atoms with van der Waals surface area (Å²) >= 11 is 0. The van der Waals surface area contributed by atoms with E-state index < -0.39 is 6.04 Å². The molecule has 5 nitrogen and oxygen atoms in total. The van der Waals surface area contributed by atoms with E-state index in [1.807, 2.05) is 19.1 Å². The van der Waals surface area contributed by atoms with E-state index in [1.165, 1.54) is 29.7 Å². The Bertz CT molecular complexity index is 666. The zero-order chi connectivity index (χ0) is 18.4. The summed E-state index contributed by atoms with van der Waals surface area (Å²) in [4.78, 5) is 26.3. The lowest BCUT2D eigenvalue weighted by Crippen LogP contribution is -2.39. The summed E-state index contributed by atoms with van der Waals surface area (Å²) < 4.78 is 5.55. The van der Waals surface area contributed by atoms with Gasteiger partial charge in [0.05, 0.1) is 24.8 Å². The number of hydrogen-bond acceptors (Lipinski definition) is 4. The molecule has 0 unspecified atom stereocenters. The Balaban J connectivity index is 1.55. The molecule has 1 fully saturated rings. The number of hydrogen-bond donors (Lipinski definition) is 1. The van der Waals surface area contributed by atoms with E-state index in [-0.39, 0.29) is 18.2 Å². The number of benzene rings is 1. The van der Waals surface area contributed by atoms with Crippen LogP contribution < -0.4 is 15.0 Å². The molecule has 2 amide bonds. The Morgan fingerprint density at radius 1 is 1.19 bits per heavy atom. The van der Waals surface area contributed by atoms with Crippen molar-refractivity contribution in [2.24, 2.45) is 0 Å². The number of carbonyl (C=O) groups is 2. The number of carbonyl (C=O) groups excluding carboxylic acids is 2. The van der Waals surface area contributed by atoms with Gasteiger partial charge in [0.1, 0.15) is 5.75 Å². The van der Waals surface area contributed by atoms with Crippen LogP contribution in [0, 0.1) is 0 Å². The van der Waals surface area contributed by atoms with Crippen LogP contribution in [0.5, 0.6) is 5.75 Å². The van der Waals surface area contributed by atoms with E-state index in [4.69, 9.17) is 4.74 Å². The molecular weight excluding hydrogens is 328 g/mol.